The maximum absolute atomic E-state index is 6.02. The van der Waals surface area contributed by atoms with Gasteiger partial charge in [-0.25, -0.2) is 0 Å². The Morgan fingerprint density at radius 3 is 3.25 bits per heavy atom. The van der Waals surface area contributed by atoms with E-state index in [1.54, 1.807) is 0 Å². The van der Waals surface area contributed by atoms with Crippen molar-refractivity contribution in [2.24, 2.45) is 0 Å². The van der Waals surface area contributed by atoms with E-state index in [2.05, 4.69) is 23.5 Å². The minimum atomic E-state index is 0.415. The quantitative estimate of drug-likeness (QED) is 0.851. The van der Waals surface area contributed by atoms with Gasteiger partial charge in [-0.15, -0.1) is 0 Å². The Hall–Kier alpha value is -0.830. The Balaban J connectivity index is 1.69. The van der Waals surface area contributed by atoms with Gasteiger partial charge in [-0.3, -0.25) is 0 Å². The van der Waals surface area contributed by atoms with Crippen LogP contribution in [0.1, 0.15) is 18.4 Å². The summed E-state index contributed by atoms with van der Waals surface area (Å²) in [5.41, 5.74) is 2.69. The average Bonchev–Trinajstić information content (AvgIpc) is 2.77. The van der Waals surface area contributed by atoms with Crippen molar-refractivity contribution >= 4 is 17.4 Å². The van der Waals surface area contributed by atoms with Crippen molar-refractivity contribution in [3.05, 3.63) is 23.8 Å². The molecule has 1 N–H and O–H groups in total. The summed E-state index contributed by atoms with van der Waals surface area (Å²) in [7, 11) is 0. The molecule has 0 saturated carbocycles. The Morgan fingerprint density at radius 2 is 2.38 bits per heavy atom. The second-order valence-electron chi connectivity index (χ2n) is 4.45. The topological polar surface area (TPSA) is 21.3 Å². The van der Waals surface area contributed by atoms with Crippen molar-refractivity contribution < 1.29 is 4.74 Å². The van der Waals surface area contributed by atoms with Gasteiger partial charge < -0.3 is 10.1 Å². The number of rotatable bonds is 2. The van der Waals surface area contributed by atoms with Crippen LogP contribution in [0.3, 0.4) is 0 Å². The van der Waals surface area contributed by atoms with Crippen LogP contribution in [0.4, 0.5) is 5.69 Å². The molecule has 2 aliphatic rings. The van der Waals surface area contributed by atoms with Crippen LogP contribution in [-0.2, 0) is 6.42 Å². The molecule has 0 aromatic heterocycles. The number of thioether (sulfide) groups is 1. The molecule has 86 valence electrons. The molecule has 2 heterocycles. The van der Waals surface area contributed by atoms with Gasteiger partial charge in [0, 0.05) is 24.1 Å². The van der Waals surface area contributed by atoms with Gasteiger partial charge in [0.05, 0.1) is 0 Å². The summed E-state index contributed by atoms with van der Waals surface area (Å²) in [4.78, 5) is 0. The summed E-state index contributed by atoms with van der Waals surface area (Å²) in [5, 5.41) is 3.39. The molecule has 0 bridgehead atoms. The lowest BCUT2D eigenvalue weighted by Gasteiger charge is -2.22. The molecule has 0 spiro atoms. The molecule has 1 atom stereocenters. The number of hydrogen-bond donors (Lipinski definition) is 1. The highest BCUT2D eigenvalue weighted by molar-refractivity contribution is 7.99. The third-order valence-corrected chi connectivity index (χ3v) is 4.40. The lowest BCUT2D eigenvalue weighted by atomic mass is 10.1. The number of ether oxygens (including phenoxy) is 1. The zero-order valence-corrected chi connectivity index (χ0v) is 10.2. The van der Waals surface area contributed by atoms with Gasteiger partial charge in [0.2, 0.25) is 0 Å². The normalized spacial score (nSPS) is 23.6. The van der Waals surface area contributed by atoms with Crippen LogP contribution in [0.5, 0.6) is 5.75 Å². The van der Waals surface area contributed by atoms with Crippen LogP contribution in [0.25, 0.3) is 0 Å². The molecular formula is C13H17NOS. The standard InChI is InChI=1S/C13H17NOS/c1-2-12(9-16-7-1)15-11-4-3-10-5-6-14-13(10)8-11/h3-4,8,12,14H,1-2,5-7,9H2. The molecule has 1 aromatic rings. The maximum atomic E-state index is 6.02. The van der Waals surface area contributed by atoms with Crippen molar-refractivity contribution in [2.45, 2.75) is 25.4 Å². The Kier molecular flexibility index (Phi) is 2.96. The third kappa shape index (κ3) is 2.14. The monoisotopic (exact) mass is 235 g/mol. The first kappa shape index (κ1) is 10.3. The predicted octanol–water partition coefficient (Wildman–Crippen LogP) is 2.93. The fraction of sp³-hybridized carbons (Fsp3) is 0.538. The van der Waals surface area contributed by atoms with Gasteiger partial charge in [-0.2, -0.15) is 11.8 Å². The SMILES string of the molecule is c1cc2c(cc1OC1CCCSC1)NCC2. The Morgan fingerprint density at radius 1 is 1.38 bits per heavy atom. The molecule has 0 radical (unpaired) electrons. The van der Waals surface area contributed by atoms with Crippen molar-refractivity contribution in [2.75, 3.05) is 23.4 Å². The van der Waals surface area contributed by atoms with Crippen LogP contribution in [0.2, 0.25) is 0 Å². The van der Waals surface area contributed by atoms with Crippen molar-refractivity contribution in [1.29, 1.82) is 0 Å². The molecular weight excluding hydrogens is 218 g/mol. The Labute approximate surface area is 101 Å². The highest BCUT2D eigenvalue weighted by Gasteiger charge is 2.16. The van der Waals surface area contributed by atoms with E-state index in [0.29, 0.717) is 6.10 Å². The summed E-state index contributed by atoms with van der Waals surface area (Å²) in [6.07, 6.45) is 4.06. The molecule has 3 rings (SSSR count). The number of hydrogen-bond acceptors (Lipinski definition) is 3. The minimum absolute atomic E-state index is 0.415. The fourth-order valence-corrected chi connectivity index (χ4v) is 3.37. The van der Waals surface area contributed by atoms with Crippen molar-refractivity contribution in [1.82, 2.24) is 0 Å². The molecule has 1 unspecified atom stereocenters. The lowest BCUT2D eigenvalue weighted by molar-refractivity contribution is 0.211. The zero-order chi connectivity index (χ0) is 10.8. The number of benzene rings is 1. The number of nitrogens with one attached hydrogen (secondary N) is 1. The molecule has 0 amide bonds. The fourth-order valence-electron chi connectivity index (χ4n) is 2.34. The highest BCUT2D eigenvalue weighted by Crippen LogP contribution is 2.29. The molecule has 1 aromatic carbocycles. The van der Waals surface area contributed by atoms with Gasteiger partial charge in [-0.1, -0.05) is 6.07 Å². The van der Waals surface area contributed by atoms with E-state index < -0.39 is 0 Å². The summed E-state index contributed by atoms with van der Waals surface area (Å²) in [5.74, 6) is 3.47. The largest absolute Gasteiger partial charge is 0.489 e. The lowest BCUT2D eigenvalue weighted by Crippen LogP contribution is -2.23. The molecule has 1 saturated heterocycles. The summed E-state index contributed by atoms with van der Waals surface area (Å²) < 4.78 is 6.02. The first-order valence-electron chi connectivity index (χ1n) is 6.03. The van der Waals surface area contributed by atoms with Gasteiger partial charge in [0.15, 0.2) is 0 Å². The van der Waals surface area contributed by atoms with E-state index in [0.717, 1.165) is 24.5 Å². The second kappa shape index (κ2) is 4.58. The van der Waals surface area contributed by atoms with Gasteiger partial charge >= 0.3 is 0 Å². The second-order valence-corrected chi connectivity index (χ2v) is 5.60. The molecule has 0 aliphatic carbocycles. The molecule has 3 heteroatoms. The number of fused-ring (bicyclic) bond motifs is 1. The maximum Gasteiger partial charge on any atom is 0.121 e. The van der Waals surface area contributed by atoms with Crippen molar-refractivity contribution in [3.63, 3.8) is 0 Å². The van der Waals surface area contributed by atoms with Crippen LogP contribution in [-0.4, -0.2) is 24.2 Å². The van der Waals surface area contributed by atoms with E-state index >= 15 is 0 Å². The smallest absolute Gasteiger partial charge is 0.121 e. The van der Waals surface area contributed by atoms with Crippen molar-refractivity contribution in [3.8, 4) is 5.75 Å². The summed E-state index contributed by atoms with van der Waals surface area (Å²) in [6.45, 7) is 1.07. The average molecular weight is 235 g/mol. The highest BCUT2D eigenvalue weighted by atomic mass is 32.2. The molecule has 2 nitrogen and oxygen atoms in total. The van der Waals surface area contributed by atoms with E-state index in [-0.39, 0.29) is 0 Å². The van der Waals surface area contributed by atoms with Gasteiger partial charge in [-0.05, 0) is 36.6 Å². The third-order valence-electron chi connectivity index (χ3n) is 3.21. The molecule has 1 fully saturated rings. The Bertz CT molecular complexity index is 374. The van der Waals surface area contributed by atoms with E-state index in [1.807, 2.05) is 11.8 Å². The summed E-state index contributed by atoms with van der Waals surface area (Å²) in [6, 6.07) is 6.47. The van der Waals surface area contributed by atoms with E-state index in [1.165, 1.54) is 29.8 Å². The van der Waals surface area contributed by atoms with E-state index in [9.17, 15) is 0 Å². The zero-order valence-electron chi connectivity index (χ0n) is 9.37. The van der Waals surface area contributed by atoms with E-state index in [4.69, 9.17) is 4.74 Å². The number of anilines is 1. The van der Waals surface area contributed by atoms with Crippen LogP contribution in [0, 0.1) is 0 Å². The summed E-state index contributed by atoms with van der Waals surface area (Å²) >= 11 is 2.01. The van der Waals surface area contributed by atoms with Crippen LogP contribution in [0.15, 0.2) is 18.2 Å². The molecule has 2 aliphatic heterocycles. The molecule has 16 heavy (non-hydrogen) atoms. The van der Waals surface area contributed by atoms with Crippen LogP contribution < -0.4 is 10.1 Å². The minimum Gasteiger partial charge on any atom is -0.489 e. The van der Waals surface area contributed by atoms with Crippen LogP contribution >= 0.6 is 11.8 Å². The first-order valence-corrected chi connectivity index (χ1v) is 7.18. The van der Waals surface area contributed by atoms with Gasteiger partial charge in [0.25, 0.3) is 0 Å². The first-order chi connectivity index (χ1) is 7.92. The van der Waals surface area contributed by atoms with Gasteiger partial charge in [0.1, 0.15) is 11.9 Å². The predicted molar refractivity (Wildman–Crippen MR) is 69.6 cm³/mol.